The van der Waals surface area contributed by atoms with E-state index in [0.717, 1.165) is 58.1 Å². The Kier molecular flexibility index (Phi) is 13.4. The molecule has 20 heavy (non-hydrogen) atoms. The van der Waals surface area contributed by atoms with Crippen LogP contribution in [0, 0.1) is 0 Å². The molecular formula is C14H28IN3O2. The van der Waals surface area contributed by atoms with Crippen molar-refractivity contribution < 1.29 is 9.47 Å². The van der Waals surface area contributed by atoms with E-state index in [1.54, 1.807) is 7.05 Å². The number of rotatable bonds is 8. The Labute approximate surface area is 139 Å². The number of hydrogen-bond donors (Lipinski definition) is 2. The van der Waals surface area contributed by atoms with Crippen LogP contribution in [0.2, 0.25) is 0 Å². The largest absolute Gasteiger partial charge is 0.379 e. The van der Waals surface area contributed by atoms with Crippen LogP contribution in [0.5, 0.6) is 0 Å². The van der Waals surface area contributed by atoms with Crippen LogP contribution in [0.3, 0.4) is 0 Å². The van der Waals surface area contributed by atoms with Crippen molar-refractivity contribution in [3.63, 3.8) is 0 Å². The third kappa shape index (κ3) is 9.55. The summed E-state index contributed by atoms with van der Waals surface area (Å²) in [6, 6.07) is 0. The highest BCUT2D eigenvalue weighted by atomic mass is 127. The van der Waals surface area contributed by atoms with Crippen LogP contribution >= 0.6 is 24.0 Å². The van der Waals surface area contributed by atoms with Gasteiger partial charge in [0, 0.05) is 33.4 Å². The minimum absolute atomic E-state index is 0. The molecule has 1 aliphatic rings. The molecule has 0 amide bonds. The zero-order chi connectivity index (χ0) is 13.8. The zero-order valence-electron chi connectivity index (χ0n) is 12.6. The van der Waals surface area contributed by atoms with E-state index < -0.39 is 0 Å². The first-order chi connectivity index (χ1) is 9.36. The maximum Gasteiger partial charge on any atom is 0.190 e. The zero-order valence-corrected chi connectivity index (χ0v) is 14.9. The summed E-state index contributed by atoms with van der Waals surface area (Å²) in [5, 5.41) is 6.54. The van der Waals surface area contributed by atoms with Crippen LogP contribution < -0.4 is 10.6 Å². The normalized spacial score (nSPS) is 19.1. The summed E-state index contributed by atoms with van der Waals surface area (Å²) in [6.07, 6.45) is 7.52. The molecule has 0 saturated carbocycles. The molecule has 0 bridgehead atoms. The summed E-state index contributed by atoms with van der Waals surface area (Å²) in [6.45, 7) is 6.17. The molecule has 0 aromatic carbocycles. The molecule has 0 spiro atoms. The Balaban J connectivity index is 0.00000361. The molecular weight excluding hydrogens is 369 g/mol. The Hall–Kier alpha value is -0.340. The SMILES string of the molecule is C/C=C/CCNC(=NC)NCCCOC1CCOC1.I. The lowest BCUT2D eigenvalue weighted by molar-refractivity contribution is 0.0420. The molecule has 0 radical (unpaired) electrons. The molecule has 6 heteroatoms. The maximum absolute atomic E-state index is 5.70. The molecule has 1 rings (SSSR count). The van der Waals surface area contributed by atoms with Gasteiger partial charge in [0.15, 0.2) is 5.96 Å². The van der Waals surface area contributed by atoms with Crippen LogP contribution in [0.4, 0.5) is 0 Å². The number of aliphatic imine (C=N–C) groups is 1. The summed E-state index contributed by atoms with van der Waals surface area (Å²) in [7, 11) is 1.79. The fourth-order valence-electron chi connectivity index (χ4n) is 1.83. The molecule has 5 nitrogen and oxygen atoms in total. The van der Waals surface area contributed by atoms with Crippen molar-refractivity contribution in [2.24, 2.45) is 4.99 Å². The van der Waals surface area contributed by atoms with E-state index in [2.05, 4.69) is 27.8 Å². The Morgan fingerprint density at radius 3 is 2.85 bits per heavy atom. The predicted octanol–water partition coefficient (Wildman–Crippen LogP) is 1.93. The first-order valence-corrected chi connectivity index (χ1v) is 7.12. The molecule has 1 atom stereocenters. The number of ether oxygens (including phenoxy) is 2. The summed E-state index contributed by atoms with van der Waals surface area (Å²) in [5.41, 5.74) is 0. The van der Waals surface area contributed by atoms with E-state index in [1.807, 2.05) is 6.92 Å². The quantitative estimate of drug-likeness (QED) is 0.216. The van der Waals surface area contributed by atoms with Gasteiger partial charge in [-0.15, -0.1) is 24.0 Å². The highest BCUT2D eigenvalue weighted by Crippen LogP contribution is 2.07. The van der Waals surface area contributed by atoms with Gasteiger partial charge in [-0.25, -0.2) is 0 Å². The van der Waals surface area contributed by atoms with Gasteiger partial charge in [-0.05, 0) is 26.2 Å². The molecule has 118 valence electrons. The Morgan fingerprint density at radius 2 is 2.20 bits per heavy atom. The number of halogens is 1. The van der Waals surface area contributed by atoms with E-state index >= 15 is 0 Å². The van der Waals surface area contributed by atoms with Crippen molar-refractivity contribution in [2.45, 2.75) is 32.3 Å². The summed E-state index contributed by atoms with van der Waals surface area (Å²) < 4.78 is 11.0. The lowest BCUT2D eigenvalue weighted by atomic mass is 10.3. The molecule has 1 aliphatic heterocycles. The van der Waals surface area contributed by atoms with Crippen LogP contribution in [-0.2, 0) is 9.47 Å². The second-order valence-corrected chi connectivity index (χ2v) is 4.49. The maximum atomic E-state index is 5.70. The highest BCUT2D eigenvalue weighted by molar-refractivity contribution is 14.0. The van der Waals surface area contributed by atoms with Gasteiger partial charge < -0.3 is 20.1 Å². The van der Waals surface area contributed by atoms with Crippen LogP contribution in [0.15, 0.2) is 17.1 Å². The van der Waals surface area contributed by atoms with Crippen molar-refractivity contribution in [3.05, 3.63) is 12.2 Å². The van der Waals surface area contributed by atoms with E-state index in [1.165, 1.54) is 0 Å². The van der Waals surface area contributed by atoms with Gasteiger partial charge in [0.2, 0.25) is 0 Å². The fraction of sp³-hybridized carbons (Fsp3) is 0.786. The van der Waals surface area contributed by atoms with Crippen LogP contribution in [-0.4, -0.2) is 52.0 Å². The number of hydrogen-bond acceptors (Lipinski definition) is 3. The van der Waals surface area contributed by atoms with Crippen molar-refractivity contribution >= 4 is 29.9 Å². The third-order valence-electron chi connectivity index (χ3n) is 2.92. The van der Waals surface area contributed by atoms with Crippen molar-refractivity contribution in [1.82, 2.24) is 10.6 Å². The average Bonchev–Trinajstić information content (AvgIpc) is 2.94. The lowest BCUT2D eigenvalue weighted by Crippen LogP contribution is -2.38. The topological polar surface area (TPSA) is 54.9 Å². The van der Waals surface area contributed by atoms with E-state index in [9.17, 15) is 0 Å². The first kappa shape index (κ1) is 19.7. The van der Waals surface area contributed by atoms with Gasteiger partial charge in [-0.3, -0.25) is 4.99 Å². The summed E-state index contributed by atoms with van der Waals surface area (Å²) in [5.74, 6) is 0.855. The molecule has 1 unspecified atom stereocenters. The smallest absolute Gasteiger partial charge is 0.190 e. The van der Waals surface area contributed by atoms with E-state index in [0.29, 0.717) is 6.10 Å². The molecule has 1 fully saturated rings. The molecule has 1 saturated heterocycles. The Morgan fingerprint density at radius 1 is 1.40 bits per heavy atom. The number of allylic oxidation sites excluding steroid dienone is 1. The Bertz CT molecular complexity index is 280. The highest BCUT2D eigenvalue weighted by Gasteiger charge is 2.15. The second-order valence-electron chi connectivity index (χ2n) is 4.49. The average molecular weight is 397 g/mol. The van der Waals surface area contributed by atoms with Crippen LogP contribution in [0.25, 0.3) is 0 Å². The fourth-order valence-corrected chi connectivity index (χ4v) is 1.83. The van der Waals surface area contributed by atoms with Gasteiger partial charge in [-0.1, -0.05) is 12.2 Å². The minimum Gasteiger partial charge on any atom is -0.379 e. The summed E-state index contributed by atoms with van der Waals surface area (Å²) >= 11 is 0. The van der Waals surface area contributed by atoms with Gasteiger partial charge >= 0.3 is 0 Å². The predicted molar refractivity (Wildman–Crippen MR) is 94.0 cm³/mol. The monoisotopic (exact) mass is 397 g/mol. The van der Waals surface area contributed by atoms with Crippen molar-refractivity contribution in [1.29, 1.82) is 0 Å². The van der Waals surface area contributed by atoms with E-state index in [-0.39, 0.29) is 24.0 Å². The van der Waals surface area contributed by atoms with Gasteiger partial charge in [0.05, 0.1) is 12.7 Å². The molecule has 2 N–H and O–H groups in total. The van der Waals surface area contributed by atoms with Gasteiger partial charge in [-0.2, -0.15) is 0 Å². The second kappa shape index (κ2) is 13.6. The number of nitrogens with zero attached hydrogens (tertiary/aromatic N) is 1. The standard InChI is InChI=1S/C14H27N3O2.HI/c1-3-4-5-8-16-14(15-2)17-9-6-10-19-13-7-11-18-12-13;/h3-4,13H,5-12H2,1-2H3,(H2,15,16,17);1H/b4-3+;. The lowest BCUT2D eigenvalue weighted by Gasteiger charge is -2.12. The molecule has 0 aromatic rings. The van der Waals surface area contributed by atoms with Crippen molar-refractivity contribution in [2.75, 3.05) is 40.0 Å². The summed E-state index contributed by atoms with van der Waals surface area (Å²) in [4.78, 5) is 4.17. The van der Waals surface area contributed by atoms with Crippen LogP contribution in [0.1, 0.15) is 26.2 Å². The minimum atomic E-state index is 0. The molecule has 0 aromatic heterocycles. The van der Waals surface area contributed by atoms with Crippen molar-refractivity contribution in [3.8, 4) is 0 Å². The van der Waals surface area contributed by atoms with E-state index in [4.69, 9.17) is 9.47 Å². The molecule has 1 heterocycles. The number of nitrogens with one attached hydrogen (secondary N) is 2. The molecule has 0 aliphatic carbocycles. The van der Waals surface area contributed by atoms with Gasteiger partial charge in [0.1, 0.15) is 0 Å². The third-order valence-corrected chi connectivity index (χ3v) is 2.92. The first-order valence-electron chi connectivity index (χ1n) is 7.12. The van der Waals surface area contributed by atoms with Gasteiger partial charge in [0.25, 0.3) is 0 Å². The number of guanidine groups is 1.